The Morgan fingerprint density at radius 2 is 1.75 bits per heavy atom. The summed E-state index contributed by atoms with van der Waals surface area (Å²) in [5, 5.41) is 14.1. The first-order chi connectivity index (χ1) is 11.5. The summed E-state index contributed by atoms with van der Waals surface area (Å²) in [7, 11) is 0. The number of hydrogen-bond acceptors (Lipinski definition) is 5. The molecule has 122 valence electrons. The van der Waals surface area contributed by atoms with E-state index in [4.69, 9.17) is 23.2 Å². The third-order valence-electron chi connectivity index (χ3n) is 2.93. The molecule has 0 spiro atoms. The maximum absolute atomic E-state index is 13.7. The second-order valence-corrected chi connectivity index (χ2v) is 5.51. The van der Waals surface area contributed by atoms with Crippen molar-refractivity contribution in [3.63, 3.8) is 0 Å². The summed E-state index contributed by atoms with van der Waals surface area (Å²) in [4.78, 5) is 4.14. The maximum Gasteiger partial charge on any atom is 0.249 e. The highest BCUT2D eigenvalue weighted by Crippen LogP contribution is 2.27. The monoisotopic (exact) mass is 367 g/mol. The van der Waals surface area contributed by atoms with Gasteiger partial charge in [0.1, 0.15) is 11.6 Å². The maximum atomic E-state index is 13.7. The van der Waals surface area contributed by atoms with Crippen LogP contribution in [0.3, 0.4) is 0 Å². The lowest BCUT2D eigenvalue weighted by molar-refractivity contribution is 0.586. The topological polar surface area (TPSA) is 62.7 Å². The number of nitrogens with zero attached hydrogens (tertiary/aromatic N) is 3. The van der Waals surface area contributed by atoms with Gasteiger partial charge >= 0.3 is 0 Å². The minimum atomic E-state index is -0.749. The molecule has 2 aromatic carbocycles. The van der Waals surface area contributed by atoms with E-state index in [1.807, 2.05) is 0 Å². The molecule has 0 radical (unpaired) electrons. The lowest BCUT2D eigenvalue weighted by Gasteiger charge is -2.09. The molecule has 0 aliphatic rings. The van der Waals surface area contributed by atoms with Crippen molar-refractivity contribution in [1.82, 2.24) is 15.2 Å². The van der Waals surface area contributed by atoms with Crippen molar-refractivity contribution >= 4 is 46.3 Å². The second-order valence-electron chi connectivity index (χ2n) is 4.66. The Hall–Kier alpha value is -2.51. The van der Waals surface area contributed by atoms with E-state index < -0.39 is 11.6 Å². The van der Waals surface area contributed by atoms with Crippen LogP contribution in [0.1, 0.15) is 0 Å². The minimum Gasteiger partial charge on any atom is -0.336 e. The van der Waals surface area contributed by atoms with Crippen LogP contribution in [-0.2, 0) is 0 Å². The number of halogens is 4. The minimum absolute atomic E-state index is 0.0589. The summed E-state index contributed by atoms with van der Waals surface area (Å²) in [5.41, 5.74) is 0.555. The van der Waals surface area contributed by atoms with E-state index >= 15 is 0 Å². The van der Waals surface area contributed by atoms with Crippen LogP contribution in [-0.4, -0.2) is 15.2 Å². The molecule has 0 unspecified atom stereocenters. The van der Waals surface area contributed by atoms with E-state index in [-0.39, 0.29) is 17.5 Å². The first-order valence-electron chi connectivity index (χ1n) is 6.65. The van der Waals surface area contributed by atoms with Gasteiger partial charge in [-0.1, -0.05) is 23.2 Å². The molecule has 2 N–H and O–H groups in total. The molecule has 5 nitrogen and oxygen atoms in total. The number of aromatic nitrogens is 3. The predicted octanol–water partition coefficient (Wildman–Crippen LogP) is 4.94. The van der Waals surface area contributed by atoms with E-state index in [2.05, 4.69) is 25.8 Å². The summed E-state index contributed by atoms with van der Waals surface area (Å²) in [6, 6.07) is 8.02. The number of benzene rings is 2. The molecule has 0 aliphatic heterocycles. The van der Waals surface area contributed by atoms with Gasteiger partial charge < -0.3 is 10.6 Å². The van der Waals surface area contributed by atoms with Gasteiger partial charge in [0.15, 0.2) is 5.82 Å². The molecule has 1 aromatic heterocycles. The zero-order valence-corrected chi connectivity index (χ0v) is 13.4. The predicted molar refractivity (Wildman–Crippen MR) is 89.2 cm³/mol. The average molecular weight is 368 g/mol. The van der Waals surface area contributed by atoms with Gasteiger partial charge in [0, 0.05) is 11.1 Å². The highest BCUT2D eigenvalue weighted by molar-refractivity contribution is 6.35. The molecule has 0 bridgehead atoms. The zero-order valence-electron chi connectivity index (χ0n) is 11.9. The van der Waals surface area contributed by atoms with E-state index in [1.54, 1.807) is 18.2 Å². The fourth-order valence-corrected chi connectivity index (χ4v) is 2.20. The fourth-order valence-electron chi connectivity index (χ4n) is 1.86. The first-order valence-corrected chi connectivity index (χ1v) is 7.41. The van der Waals surface area contributed by atoms with Gasteiger partial charge in [-0.05, 0) is 30.3 Å². The third kappa shape index (κ3) is 3.87. The van der Waals surface area contributed by atoms with Gasteiger partial charge in [-0.3, -0.25) is 0 Å². The van der Waals surface area contributed by atoms with Gasteiger partial charge in [0.2, 0.25) is 5.95 Å². The number of nitrogens with one attached hydrogen (secondary N) is 2. The van der Waals surface area contributed by atoms with Crippen molar-refractivity contribution in [3.05, 3.63) is 64.3 Å². The van der Waals surface area contributed by atoms with E-state index in [0.717, 1.165) is 12.1 Å². The Morgan fingerprint density at radius 3 is 2.54 bits per heavy atom. The van der Waals surface area contributed by atoms with Gasteiger partial charge in [-0.2, -0.15) is 10.1 Å². The Morgan fingerprint density at radius 1 is 0.917 bits per heavy atom. The molecule has 0 saturated carbocycles. The summed E-state index contributed by atoms with van der Waals surface area (Å²) in [5.74, 6) is -1.07. The molecular formula is C15H9Cl2F2N5. The van der Waals surface area contributed by atoms with Crippen molar-refractivity contribution in [1.29, 1.82) is 0 Å². The molecule has 0 aliphatic carbocycles. The summed E-state index contributed by atoms with van der Waals surface area (Å²) in [6.45, 7) is 0. The molecule has 0 fully saturated rings. The molecule has 0 amide bonds. The largest absolute Gasteiger partial charge is 0.336 e. The van der Waals surface area contributed by atoms with Crippen LogP contribution < -0.4 is 10.6 Å². The normalized spacial score (nSPS) is 10.5. The summed E-state index contributed by atoms with van der Waals surface area (Å²) < 4.78 is 26.6. The lowest BCUT2D eigenvalue weighted by atomic mass is 10.3. The van der Waals surface area contributed by atoms with Crippen LogP contribution in [0.5, 0.6) is 0 Å². The van der Waals surface area contributed by atoms with E-state index in [9.17, 15) is 8.78 Å². The van der Waals surface area contributed by atoms with Crippen LogP contribution in [0.2, 0.25) is 10.0 Å². The molecule has 3 aromatic rings. The standard InChI is InChI=1S/C15H9Cl2F2N5/c16-8-1-3-10(17)13(5-8)22-15-23-14(7-20-24-15)21-12-4-2-9(18)6-11(12)19/h1-7H,(H2,21,22,23,24). The van der Waals surface area contributed by atoms with Gasteiger partial charge in [0.05, 0.1) is 22.6 Å². The van der Waals surface area contributed by atoms with Crippen LogP contribution in [0.4, 0.5) is 31.9 Å². The van der Waals surface area contributed by atoms with Crippen molar-refractivity contribution in [2.45, 2.75) is 0 Å². The van der Waals surface area contributed by atoms with Gasteiger partial charge in [-0.15, -0.1) is 5.10 Å². The van der Waals surface area contributed by atoms with Crippen molar-refractivity contribution in [2.24, 2.45) is 0 Å². The SMILES string of the molecule is Fc1ccc(Nc2cnnc(Nc3cc(Cl)ccc3Cl)n2)c(F)c1. The Kier molecular flexibility index (Phi) is 4.73. The number of hydrogen-bond donors (Lipinski definition) is 2. The van der Waals surface area contributed by atoms with Crippen molar-refractivity contribution in [2.75, 3.05) is 10.6 Å². The van der Waals surface area contributed by atoms with Crippen molar-refractivity contribution in [3.8, 4) is 0 Å². The average Bonchev–Trinajstić information content (AvgIpc) is 2.54. The molecule has 0 atom stereocenters. The lowest BCUT2D eigenvalue weighted by Crippen LogP contribution is -2.03. The van der Waals surface area contributed by atoms with Crippen LogP contribution >= 0.6 is 23.2 Å². The molecule has 1 heterocycles. The Balaban J connectivity index is 1.82. The number of anilines is 4. The molecule has 0 saturated heterocycles. The quantitative estimate of drug-likeness (QED) is 0.683. The zero-order chi connectivity index (χ0) is 17.1. The van der Waals surface area contributed by atoms with Crippen LogP contribution in [0, 0.1) is 11.6 Å². The summed E-state index contributed by atoms with van der Waals surface area (Å²) >= 11 is 12.0. The Labute approximate surface area is 145 Å². The third-order valence-corrected chi connectivity index (χ3v) is 3.49. The number of rotatable bonds is 4. The molecular weight excluding hydrogens is 359 g/mol. The smallest absolute Gasteiger partial charge is 0.249 e. The van der Waals surface area contributed by atoms with E-state index in [1.165, 1.54) is 12.3 Å². The van der Waals surface area contributed by atoms with Crippen LogP contribution in [0.25, 0.3) is 0 Å². The first kappa shape index (κ1) is 16.4. The van der Waals surface area contributed by atoms with Gasteiger partial charge in [0.25, 0.3) is 0 Å². The highest BCUT2D eigenvalue weighted by Gasteiger charge is 2.08. The summed E-state index contributed by atoms with van der Waals surface area (Å²) in [6.07, 6.45) is 1.30. The van der Waals surface area contributed by atoms with Crippen LogP contribution in [0.15, 0.2) is 42.6 Å². The highest BCUT2D eigenvalue weighted by atomic mass is 35.5. The molecule has 3 rings (SSSR count). The Bertz CT molecular complexity index is 891. The second kappa shape index (κ2) is 6.94. The fraction of sp³-hybridized carbons (Fsp3) is 0. The molecule has 24 heavy (non-hydrogen) atoms. The van der Waals surface area contributed by atoms with E-state index in [0.29, 0.717) is 15.7 Å². The molecule has 9 heteroatoms. The van der Waals surface area contributed by atoms with Crippen molar-refractivity contribution < 1.29 is 8.78 Å². The van der Waals surface area contributed by atoms with Gasteiger partial charge in [-0.25, -0.2) is 8.78 Å².